The van der Waals surface area contributed by atoms with Crippen molar-refractivity contribution in [2.45, 2.75) is 12.6 Å². The van der Waals surface area contributed by atoms with Gasteiger partial charge in [-0.1, -0.05) is 0 Å². The highest BCUT2D eigenvalue weighted by Gasteiger charge is 2.38. The van der Waals surface area contributed by atoms with Crippen LogP contribution >= 0.6 is 0 Å². The van der Waals surface area contributed by atoms with Gasteiger partial charge in [0, 0.05) is 6.54 Å². The lowest BCUT2D eigenvalue weighted by Crippen LogP contribution is -2.37. The van der Waals surface area contributed by atoms with Crippen molar-refractivity contribution in [2.75, 3.05) is 13.2 Å². The first-order valence-electron chi connectivity index (χ1n) is 3.61. The maximum Gasteiger partial charge on any atom is 0.471 e. The average molecular weight is 214 g/mol. The molecular weight excluding hydrogens is 205 g/mol. The molecule has 0 rings (SSSR count). The normalized spacial score (nSPS) is 10.8. The first kappa shape index (κ1) is 12.5. The molecule has 82 valence electrons. The topological polar surface area (TPSA) is 81.4 Å². The largest absolute Gasteiger partial charge is 0.471 e. The first-order chi connectivity index (χ1) is 6.34. The van der Waals surface area contributed by atoms with Crippen LogP contribution in [0.5, 0.6) is 0 Å². The van der Waals surface area contributed by atoms with Gasteiger partial charge in [0.15, 0.2) is 0 Å². The zero-order valence-electron chi connectivity index (χ0n) is 7.06. The van der Waals surface area contributed by atoms with Gasteiger partial charge in [0.05, 0.1) is 6.61 Å². The van der Waals surface area contributed by atoms with E-state index in [9.17, 15) is 22.8 Å². The van der Waals surface area contributed by atoms with Crippen LogP contribution in [0.1, 0.15) is 6.42 Å². The fraction of sp³-hybridized carbons (Fsp3) is 0.667. The van der Waals surface area contributed by atoms with Crippen LogP contribution in [0, 0.1) is 0 Å². The molecule has 0 saturated heterocycles. The Morgan fingerprint density at radius 2 is 1.93 bits per heavy atom. The Bertz CT molecular complexity index is 217. The van der Waals surface area contributed by atoms with E-state index >= 15 is 0 Å². The molecule has 0 aliphatic rings. The van der Waals surface area contributed by atoms with Gasteiger partial charge in [0.1, 0.15) is 0 Å². The van der Waals surface area contributed by atoms with E-state index in [-0.39, 0.29) is 19.6 Å². The van der Waals surface area contributed by atoms with E-state index in [1.807, 2.05) is 0 Å². The quantitative estimate of drug-likeness (QED) is 0.653. The summed E-state index contributed by atoms with van der Waals surface area (Å²) < 4.78 is 38.9. The number of carbonyl (C=O) groups is 2. The van der Waals surface area contributed by atoms with Crippen LogP contribution in [0.15, 0.2) is 0 Å². The molecule has 2 amide bonds. The summed E-state index contributed by atoms with van der Waals surface area (Å²) in [4.78, 5) is 20.2. The third-order valence-corrected chi connectivity index (χ3v) is 1.11. The third-order valence-electron chi connectivity index (χ3n) is 1.11. The van der Waals surface area contributed by atoms with E-state index in [1.165, 1.54) is 0 Å². The van der Waals surface area contributed by atoms with Crippen molar-refractivity contribution in [1.29, 1.82) is 0 Å². The van der Waals surface area contributed by atoms with Crippen LogP contribution in [-0.4, -0.2) is 31.3 Å². The highest BCUT2D eigenvalue weighted by Crippen LogP contribution is 2.13. The summed E-state index contributed by atoms with van der Waals surface area (Å²) in [6, 6.07) is 0. The Morgan fingerprint density at radius 1 is 1.36 bits per heavy atom. The van der Waals surface area contributed by atoms with Crippen molar-refractivity contribution in [3.05, 3.63) is 0 Å². The van der Waals surface area contributed by atoms with Gasteiger partial charge in [-0.3, -0.25) is 4.79 Å². The molecule has 5 nitrogen and oxygen atoms in total. The van der Waals surface area contributed by atoms with Crippen LogP contribution in [-0.2, 0) is 9.53 Å². The van der Waals surface area contributed by atoms with E-state index in [4.69, 9.17) is 0 Å². The molecule has 0 radical (unpaired) electrons. The van der Waals surface area contributed by atoms with E-state index in [0.717, 1.165) is 0 Å². The summed E-state index contributed by atoms with van der Waals surface area (Å²) in [5.74, 6) is -2.02. The minimum Gasteiger partial charge on any atom is -0.450 e. The second-order valence-electron chi connectivity index (χ2n) is 2.27. The number of amides is 2. The van der Waals surface area contributed by atoms with Crippen LogP contribution < -0.4 is 11.1 Å². The molecule has 0 aliphatic carbocycles. The Kier molecular flexibility index (Phi) is 4.74. The molecule has 0 unspecified atom stereocenters. The third kappa shape index (κ3) is 6.09. The summed E-state index contributed by atoms with van der Waals surface area (Å²) in [6.07, 6.45) is -5.82. The Hall–Kier alpha value is -1.47. The molecule has 0 aromatic rings. The maximum atomic E-state index is 11.6. The molecule has 8 heteroatoms. The second kappa shape index (κ2) is 5.30. The van der Waals surface area contributed by atoms with Gasteiger partial charge in [-0.15, -0.1) is 0 Å². The lowest BCUT2D eigenvalue weighted by atomic mass is 10.4. The molecule has 0 saturated carbocycles. The zero-order valence-corrected chi connectivity index (χ0v) is 7.06. The molecule has 3 N–H and O–H groups in total. The molecule has 14 heavy (non-hydrogen) atoms. The number of hydrogen-bond acceptors (Lipinski definition) is 3. The van der Waals surface area contributed by atoms with Gasteiger partial charge < -0.3 is 15.8 Å². The van der Waals surface area contributed by atoms with Gasteiger partial charge in [0.2, 0.25) is 0 Å². The summed E-state index contributed by atoms with van der Waals surface area (Å²) in [5, 5.41) is 1.60. The fourth-order valence-corrected chi connectivity index (χ4v) is 0.547. The van der Waals surface area contributed by atoms with Crippen LogP contribution in [0.4, 0.5) is 18.0 Å². The Balaban J connectivity index is 3.46. The van der Waals surface area contributed by atoms with E-state index in [0.29, 0.717) is 0 Å². The number of alkyl halides is 3. The molecule has 0 spiro atoms. The van der Waals surface area contributed by atoms with Gasteiger partial charge in [-0.05, 0) is 6.42 Å². The van der Waals surface area contributed by atoms with Gasteiger partial charge in [-0.2, -0.15) is 13.2 Å². The van der Waals surface area contributed by atoms with Gasteiger partial charge in [0.25, 0.3) is 0 Å². The predicted octanol–water partition coefficient (Wildman–Crippen LogP) is 0.150. The summed E-state index contributed by atoms with van der Waals surface area (Å²) in [6.45, 7) is -0.362. The molecule has 0 fully saturated rings. The number of hydrogen-bond donors (Lipinski definition) is 2. The number of rotatable bonds is 4. The minimum absolute atomic E-state index is 0.0742. The van der Waals surface area contributed by atoms with E-state index in [1.54, 1.807) is 5.32 Å². The van der Waals surface area contributed by atoms with E-state index in [2.05, 4.69) is 10.5 Å². The molecule has 0 aromatic carbocycles. The van der Waals surface area contributed by atoms with Crippen LogP contribution in [0.2, 0.25) is 0 Å². The lowest BCUT2D eigenvalue weighted by Gasteiger charge is -2.07. The molecule has 0 atom stereocenters. The van der Waals surface area contributed by atoms with Crippen molar-refractivity contribution in [3.63, 3.8) is 0 Å². The fourth-order valence-electron chi connectivity index (χ4n) is 0.547. The molecular formula is C6H9F3N2O3. The highest BCUT2D eigenvalue weighted by molar-refractivity contribution is 5.81. The van der Waals surface area contributed by atoms with Crippen molar-refractivity contribution >= 4 is 12.0 Å². The smallest absolute Gasteiger partial charge is 0.450 e. The van der Waals surface area contributed by atoms with Crippen molar-refractivity contribution in [2.24, 2.45) is 5.73 Å². The standard InChI is InChI=1S/C6H9F3N2O3/c7-6(8,9)4(12)11-2-1-3-14-5(10)13/h1-3H2,(H2,10,13)(H,11,12). The summed E-state index contributed by atoms with van der Waals surface area (Å²) in [5.41, 5.74) is 4.58. The molecule has 0 aromatic heterocycles. The lowest BCUT2D eigenvalue weighted by molar-refractivity contribution is -0.173. The number of halogens is 3. The molecule has 0 bridgehead atoms. The summed E-state index contributed by atoms with van der Waals surface area (Å²) >= 11 is 0. The predicted molar refractivity (Wildman–Crippen MR) is 39.2 cm³/mol. The number of nitrogens with two attached hydrogens (primary N) is 1. The Morgan fingerprint density at radius 3 is 2.36 bits per heavy atom. The van der Waals surface area contributed by atoms with Crippen LogP contribution in [0.25, 0.3) is 0 Å². The maximum absolute atomic E-state index is 11.6. The van der Waals surface area contributed by atoms with Crippen LogP contribution in [0.3, 0.4) is 0 Å². The molecule has 0 aliphatic heterocycles. The highest BCUT2D eigenvalue weighted by atomic mass is 19.4. The number of nitrogens with one attached hydrogen (secondary N) is 1. The minimum atomic E-state index is -4.88. The first-order valence-corrected chi connectivity index (χ1v) is 3.61. The van der Waals surface area contributed by atoms with Crippen molar-refractivity contribution in [1.82, 2.24) is 5.32 Å². The number of carbonyl (C=O) groups excluding carboxylic acids is 2. The summed E-state index contributed by atoms with van der Waals surface area (Å²) in [7, 11) is 0. The number of ether oxygens (including phenoxy) is 1. The van der Waals surface area contributed by atoms with Crippen molar-refractivity contribution in [3.8, 4) is 0 Å². The Labute approximate surface area is 77.4 Å². The number of primary amides is 1. The van der Waals surface area contributed by atoms with E-state index < -0.39 is 18.2 Å². The SMILES string of the molecule is NC(=O)OCCCNC(=O)C(F)(F)F. The van der Waals surface area contributed by atoms with Gasteiger partial charge >= 0.3 is 18.2 Å². The monoisotopic (exact) mass is 214 g/mol. The van der Waals surface area contributed by atoms with Gasteiger partial charge in [-0.25, -0.2) is 4.79 Å². The molecule has 0 heterocycles. The van der Waals surface area contributed by atoms with Crippen molar-refractivity contribution < 1.29 is 27.5 Å². The zero-order chi connectivity index (χ0) is 11.2. The average Bonchev–Trinajstić information content (AvgIpc) is 2.01. The second-order valence-corrected chi connectivity index (χ2v) is 2.27.